The number of alkyl halides is 3. The van der Waals surface area contributed by atoms with Crippen molar-refractivity contribution in [3.63, 3.8) is 0 Å². The minimum absolute atomic E-state index is 0.194. The molecule has 0 aliphatic carbocycles. The van der Waals surface area contributed by atoms with Crippen molar-refractivity contribution in [2.75, 3.05) is 5.32 Å². The van der Waals surface area contributed by atoms with Crippen LogP contribution in [0.4, 0.5) is 18.9 Å². The third-order valence-corrected chi connectivity index (χ3v) is 4.58. The summed E-state index contributed by atoms with van der Waals surface area (Å²) in [5.74, 6) is 0.553. The molecule has 0 aliphatic rings. The summed E-state index contributed by atoms with van der Waals surface area (Å²) in [5.41, 5.74) is 1.24. The van der Waals surface area contributed by atoms with Gasteiger partial charge in [0.05, 0.1) is 16.5 Å². The number of rotatable bonds is 3. The number of nitrogens with zero attached hydrogens (tertiary/aromatic N) is 1. The van der Waals surface area contributed by atoms with Gasteiger partial charge >= 0.3 is 6.18 Å². The number of anilines is 1. The smallest absolute Gasteiger partial charge is 0.381 e. The molecular weight excluding hydrogens is 367 g/mol. The molecule has 0 unspecified atom stereocenters. The molecule has 0 saturated carbocycles. The molecule has 1 heterocycles. The normalized spacial score (nSPS) is 11.9. The molecule has 4 aromatic rings. The zero-order valence-electron chi connectivity index (χ0n) is 14.9. The van der Waals surface area contributed by atoms with E-state index in [-0.39, 0.29) is 5.56 Å². The molecule has 3 aromatic carbocycles. The Labute approximate surface area is 158 Å². The Morgan fingerprint density at radius 1 is 1.04 bits per heavy atom. The molecule has 0 bridgehead atoms. The Bertz CT molecular complexity index is 1230. The third kappa shape index (κ3) is 3.43. The molecule has 0 spiro atoms. The largest absolute Gasteiger partial charge is 0.416 e. The molecule has 0 fully saturated rings. The van der Waals surface area contributed by atoms with Crippen LogP contribution >= 0.6 is 0 Å². The first-order chi connectivity index (χ1) is 13.3. The number of halogens is 3. The molecule has 142 valence electrons. The maximum absolute atomic E-state index is 12.7. The first-order valence-corrected chi connectivity index (χ1v) is 8.65. The Hall–Kier alpha value is -3.35. The lowest BCUT2D eigenvalue weighted by atomic mass is 10.0. The molecule has 0 saturated heterocycles. The lowest BCUT2D eigenvalue weighted by molar-refractivity contribution is -0.137. The maximum atomic E-state index is 12.7. The molecule has 0 radical (unpaired) electrons. The topological polar surface area (TPSA) is 57.8 Å². The van der Waals surface area contributed by atoms with Crippen LogP contribution in [0.3, 0.4) is 0 Å². The van der Waals surface area contributed by atoms with Crippen LogP contribution in [0.25, 0.3) is 21.7 Å². The van der Waals surface area contributed by atoms with E-state index < -0.39 is 11.7 Å². The van der Waals surface area contributed by atoms with Gasteiger partial charge in [0.25, 0.3) is 5.56 Å². The minimum atomic E-state index is -4.35. The highest BCUT2D eigenvalue weighted by molar-refractivity contribution is 6.05. The summed E-state index contributed by atoms with van der Waals surface area (Å²) >= 11 is 0. The fourth-order valence-corrected chi connectivity index (χ4v) is 3.21. The van der Waals surface area contributed by atoms with Crippen LogP contribution in [0.2, 0.25) is 0 Å². The highest BCUT2D eigenvalue weighted by atomic mass is 19.4. The van der Waals surface area contributed by atoms with E-state index in [1.807, 2.05) is 30.3 Å². The minimum Gasteiger partial charge on any atom is -0.381 e. The van der Waals surface area contributed by atoms with E-state index in [1.165, 1.54) is 12.1 Å². The number of H-pyrrole nitrogens is 1. The number of nitrogens with one attached hydrogen (secondary N) is 2. The van der Waals surface area contributed by atoms with Gasteiger partial charge in [0.15, 0.2) is 0 Å². The second-order valence-corrected chi connectivity index (χ2v) is 6.60. The van der Waals surface area contributed by atoms with E-state index in [9.17, 15) is 18.0 Å². The number of aromatic amines is 1. The van der Waals surface area contributed by atoms with E-state index in [1.54, 1.807) is 6.92 Å². The van der Waals surface area contributed by atoms with Crippen LogP contribution < -0.4 is 10.9 Å². The lowest BCUT2D eigenvalue weighted by Crippen LogP contribution is -2.10. The van der Waals surface area contributed by atoms with Crippen molar-refractivity contribution in [2.45, 2.75) is 19.6 Å². The molecule has 4 rings (SSSR count). The van der Waals surface area contributed by atoms with Gasteiger partial charge in [0.1, 0.15) is 5.82 Å². The SMILES string of the molecule is Cc1nc2ccc3ccc(CNc4ccc(C(F)(F)F)cc4)cc3c2c(=O)[nH]1. The highest BCUT2D eigenvalue weighted by Gasteiger charge is 2.29. The molecule has 1 aromatic heterocycles. The Morgan fingerprint density at radius 2 is 1.75 bits per heavy atom. The van der Waals surface area contributed by atoms with Crippen LogP contribution in [0.15, 0.2) is 59.4 Å². The van der Waals surface area contributed by atoms with Gasteiger partial charge < -0.3 is 10.3 Å². The standard InChI is InChI=1S/C21H16F3N3O/c1-12-26-18-9-4-14-3-2-13(10-17(14)19(18)20(28)27-12)11-25-16-7-5-15(6-8-16)21(22,23)24/h2-10,25H,11H2,1H3,(H,26,27,28). The van der Waals surface area contributed by atoms with Gasteiger partial charge in [-0.15, -0.1) is 0 Å². The summed E-state index contributed by atoms with van der Waals surface area (Å²) in [5, 5.41) is 5.34. The predicted octanol–water partition coefficient (Wildman–Crippen LogP) is 5.02. The van der Waals surface area contributed by atoms with E-state index in [2.05, 4.69) is 15.3 Å². The second kappa shape index (κ2) is 6.67. The predicted molar refractivity (Wildman–Crippen MR) is 103 cm³/mol. The molecule has 2 N–H and O–H groups in total. The van der Waals surface area contributed by atoms with Crippen molar-refractivity contribution in [3.05, 3.63) is 81.9 Å². The molecule has 0 aliphatic heterocycles. The van der Waals surface area contributed by atoms with Crippen molar-refractivity contribution in [3.8, 4) is 0 Å². The van der Waals surface area contributed by atoms with Crippen LogP contribution in [-0.4, -0.2) is 9.97 Å². The molecule has 4 nitrogen and oxygen atoms in total. The van der Waals surface area contributed by atoms with Crippen molar-refractivity contribution >= 4 is 27.4 Å². The molecular formula is C21H16F3N3O. The number of aromatic nitrogens is 2. The monoisotopic (exact) mass is 383 g/mol. The average Bonchev–Trinajstić information content (AvgIpc) is 2.65. The second-order valence-electron chi connectivity index (χ2n) is 6.60. The van der Waals surface area contributed by atoms with Crippen molar-refractivity contribution in [1.82, 2.24) is 9.97 Å². The molecule has 7 heteroatoms. The van der Waals surface area contributed by atoms with Crippen molar-refractivity contribution in [2.24, 2.45) is 0 Å². The number of hydrogen-bond donors (Lipinski definition) is 2. The van der Waals surface area contributed by atoms with Crippen LogP contribution in [-0.2, 0) is 12.7 Å². The van der Waals surface area contributed by atoms with Crippen molar-refractivity contribution < 1.29 is 13.2 Å². The zero-order valence-corrected chi connectivity index (χ0v) is 14.9. The van der Waals surface area contributed by atoms with Gasteiger partial charge in [-0.25, -0.2) is 4.98 Å². The molecule has 0 atom stereocenters. The number of benzene rings is 3. The fourth-order valence-electron chi connectivity index (χ4n) is 3.21. The van der Waals surface area contributed by atoms with Gasteiger partial charge in [-0.1, -0.05) is 18.2 Å². The Morgan fingerprint density at radius 3 is 2.46 bits per heavy atom. The Balaban J connectivity index is 1.64. The highest BCUT2D eigenvalue weighted by Crippen LogP contribution is 2.30. The average molecular weight is 383 g/mol. The van der Waals surface area contributed by atoms with Gasteiger partial charge in [0, 0.05) is 12.2 Å². The van der Waals surface area contributed by atoms with Crippen LogP contribution in [0.1, 0.15) is 17.0 Å². The van der Waals surface area contributed by atoms with Gasteiger partial charge in [-0.3, -0.25) is 4.79 Å². The van der Waals surface area contributed by atoms with E-state index in [4.69, 9.17) is 0 Å². The zero-order chi connectivity index (χ0) is 19.9. The third-order valence-electron chi connectivity index (χ3n) is 4.58. The first-order valence-electron chi connectivity index (χ1n) is 8.65. The molecule has 0 amide bonds. The summed E-state index contributed by atoms with van der Waals surface area (Å²) in [7, 11) is 0. The lowest BCUT2D eigenvalue weighted by Gasteiger charge is -2.11. The summed E-state index contributed by atoms with van der Waals surface area (Å²) in [6.07, 6.45) is -4.35. The maximum Gasteiger partial charge on any atom is 0.416 e. The summed E-state index contributed by atoms with van der Waals surface area (Å²) < 4.78 is 38.0. The molecule has 28 heavy (non-hydrogen) atoms. The van der Waals surface area contributed by atoms with E-state index in [0.29, 0.717) is 29.0 Å². The number of hydrogen-bond acceptors (Lipinski definition) is 3. The van der Waals surface area contributed by atoms with Crippen LogP contribution in [0, 0.1) is 6.92 Å². The quantitative estimate of drug-likeness (QED) is 0.489. The van der Waals surface area contributed by atoms with Gasteiger partial charge in [-0.05, 0) is 59.7 Å². The van der Waals surface area contributed by atoms with Gasteiger partial charge in [0.2, 0.25) is 0 Å². The summed E-state index contributed by atoms with van der Waals surface area (Å²) in [6.45, 7) is 2.14. The van der Waals surface area contributed by atoms with E-state index in [0.717, 1.165) is 28.5 Å². The number of aryl methyl sites for hydroxylation is 1. The van der Waals surface area contributed by atoms with Crippen LogP contribution in [0.5, 0.6) is 0 Å². The summed E-state index contributed by atoms with van der Waals surface area (Å²) in [6, 6.07) is 14.4. The number of fused-ring (bicyclic) bond motifs is 3. The Kier molecular flexibility index (Phi) is 4.30. The summed E-state index contributed by atoms with van der Waals surface area (Å²) in [4.78, 5) is 19.5. The van der Waals surface area contributed by atoms with E-state index >= 15 is 0 Å². The van der Waals surface area contributed by atoms with Gasteiger partial charge in [-0.2, -0.15) is 13.2 Å². The van der Waals surface area contributed by atoms with Crippen molar-refractivity contribution in [1.29, 1.82) is 0 Å². The fraction of sp³-hybridized carbons (Fsp3) is 0.143. The first kappa shape index (κ1) is 18.0.